The molecule has 0 fully saturated rings. The number of thioether (sulfide) groups is 1. The van der Waals surface area contributed by atoms with Crippen LogP contribution in [-0.2, 0) is 0 Å². The van der Waals surface area contributed by atoms with Crippen LogP contribution in [0.1, 0.15) is 19.3 Å². The standard InChI is InChI=1S/C14H18ClNS/c15-13-4-2-1-3-11(13)9-16-7-5-14-12(10-16)6-8-17-14/h1-2,4,11H,3,5-10H2. The van der Waals surface area contributed by atoms with E-state index in [2.05, 4.69) is 34.9 Å². The van der Waals surface area contributed by atoms with Crippen molar-refractivity contribution in [2.24, 2.45) is 5.92 Å². The molecule has 0 aromatic rings. The fourth-order valence-corrected chi connectivity index (χ4v) is 4.28. The molecule has 0 bridgehead atoms. The van der Waals surface area contributed by atoms with E-state index in [-0.39, 0.29) is 0 Å². The molecule has 0 spiro atoms. The summed E-state index contributed by atoms with van der Waals surface area (Å²) in [5.74, 6) is 1.84. The minimum atomic E-state index is 0.526. The van der Waals surface area contributed by atoms with Crippen LogP contribution in [0, 0.1) is 5.92 Å². The first kappa shape index (κ1) is 11.9. The van der Waals surface area contributed by atoms with Gasteiger partial charge in [0.25, 0.3) is 0 Å². The molecule has 92 valence electrons. The van der Waals surface area contributed by atoms with E-state index in [1.165, 1.54) is 31.7 Å². The maximum absolute atomic E-state index is 6.28. The Balaban J connectivity index is 1.60. The number of rotatable bonds is 2. The molecule has 1 unspecified atom stereocenters. The first-order valence-corrected chi connectivity index (χ1v) is 7.77. The third-order valence-corrected chi connectivity index (χ3v) is 5.51. The summed E-state index contributed by atoms with van der Waals surface area (Å²) >= 11 is 8.36. The van der Waals surface area contributed by atoms with Crippen molar-refractivity contribution in [1.82, 2.24) is 4.90 Å². The molecule has 3 rings (SSSR count). The zero-order chi connectivity index (χ0) is 11.7. The molecule has 2 heterocycles. The molecular weight excluding hydrogens is 250 g/mol. The van der Waals surface area contributed by atoms with E-state index in [0.29, 0.717) is 5.92 Å². The quantitative estimate of drug-likeness (QED) is 0.749. The van der Waals surface area contributed by atoms with Crippen molar-refractivity contribution >= 4 is 23.4 Å². The Morgan fingerprint density at radius 1 is 1.41 bits per heavy atom. The second-order valence-electron chi connectivity index (χ2n) is 5.02. The molecule has 0 aromatic heterocycles. The lowest BCUT2D eigenvalue weighted by Gasteiger charge is -2.31. The number of halogens is 1. The summed E-state index contributed by atoms with van der Waals surface area (Å²) in [6.07, 6.45) is 10.0. The maximum Gasteiger partial charge on any atom is 0.0227 e. The van der Waals surface area contributed by atoms with Crippen LogP contribution in [0.25, 0.3) is 0 Å². The van der Waals surface area contributed by atoms with Crippen molar-refractivity contribution < 1.29 is 0 Å². The molecule has 17 heavy (non-hydrogen) atoms. The van der Waals surface area contributed by atoms with Crippen LogP contribution in [0.2, 0.25) is 0 Å². The summed E-state index contributed by atoms with van der Waals surface area (Å²) in [6.45, 7) is 3.53. The van der Waals surface area contributed by atoms with Gasteiger partial charge in [0.15, 0.2) is 0 Å². The summed E-state index contributed by atoms with van der Waals surface area (Å²) < 4.78 is 0. The van der Waals surface area contributed by atoms with Gasteiger partial charge in [-0.25, -0.2) is 0 Å². The third kappa shape index (κ3) is 2.64. The zero-order valence-corrected chi connectivity index (χ0v) is 11.6. The Hall–Kier alpha value is -0.180. The molecule has 3 aliphatic rings. The van der Waals surface area contributed by atoms with Crippen LogP contribution in [0.5, 0.6) is 0 Å². The van der Waals surface area contributed by atoms with E-state index in [1.54, 1.807) is 10.5 Å². The van der Waals surface area contributed by atoms with Crippen LogP contribution in [0.15, 0.2) is 33.7 Å². The van der Waals surface area contributed by atoms with E-state index >= 15 is 0 Å². The van der Waals surface area contributed by atoms with Crippen molar-refractivity contribution in [2.75, 3.05) is 25.4 Å². The van der Waals surface area contributed by atoms with Crippen LogP contribution in [-0.4, -0.2) is 30.3 Å². The normalized spacial score (nSPS) is 29.5. The second kappa shape index (κ2) is 5.21. The number of nitrogens with zero attached hydrogens (tertiary/aromatic N) is 1. The first-order valence-electron chi connectivity index (χ1n) is 6.41. The summed E-state index contributed by atoms with van der Waals surface area (Å²) in [4.78, 5) is 4.27. The highest BCUT2D eigenvalue weighted by Crippen LogP contribution is 2.37. The zero-order valence-electron chi connectivity index (χ0n) is 9.99. The Morgan fingerprint density at radius 2 is 2.35 bits per heavy atom. The van der Waals surface area contributed by atoms with Gasteiger partial charge in [-0.05, 0) is 35.8 Å². The Labute approximate surface area is 113 Å². The Kier molecular flexibility index (Phi) is 3.64. The van der Waals surface area contributed by atoms with Crippen LogP contribution < -0.4 is 0 Å². The maximum atomic E-state index is 6.28. The predicted octanol–water partition coefficient (Wildman–Crippen LogP) is 3.78. The van der Waals surface area contributed by atoms with Gasteiger partial charge in [0, 0.05) is 36.3 Å². The smallest absolute Gasteiger partial charge is 0.0227 e. The highest BCUT2D eigenvalue weighted by Gasteiger charge is 2.25. The monoisotopic (exact) mass is 267 g/mol. The SMILES string of the molecule is ClC1=CC=CCC1CN1CCC2=C(CCS2)C1. The van der Waals surface area contributed by atoms with Gasteiger partial charge in [0.1, 0.15) is 0 Å². The van der Waals surface area contributed by atoms with Gasteiger partial charge >= 0.3 is 0 Å². The van der Waals surface area contributed by atoms with E-state index in [9.17, 15) is 0 Å². The molecule has 0 amide bonds. The average molecular weight is 268 g/mol. The molecular formula is C14H18ClNS. The highest BCUT2D eigenvalue weighted by molar-refractivity contribution is 8.03. The number of hydrogen-bond donors (Lipinski definition) is 0. The van der Waals surface area contributed by atoms with Gasteiger partial charge in [-0.2, -0.15) is 0 Å². The predicted molar refractivity (Wildman–Crippen MR) is 76.3 cm³/mol. The van der Waals surface area contributed by atoms with Gasteiger partial charge in [0.2, 0.25) is 0 Å². The lowest BCUT2D eigenvalue weighted by atomic mass is 9.98. The van der Waals surface area contributed by atoms with E-state index in [0.717, 1.165) is 18.0 Å². The van der Waals surface area contributed by atoms with E-state index in [4.69, 9.17) is 11.6 Å². The molecule has 0 saturated heterocycles. The molecule has 2 aliphatic heterocycles. The van der Waals surface area contributed by atoms with Crippen molar-refractivity contribution in [1.29, 1.82) is 0 Å². The van der Waals surface area contributed by atoms with Crippen molar-refractivity contribution in [3.8, 4) is 0 Å². The van der Waals surface area contributed by atoms with Crippen molar-refractivity contribution in [3.63, 3.8) is 0 Å². The first-order chi connectivity index (χ1) is 8.33. The van der Waals surface area contributed by atoms with Gasteiger partial charge in [-0.3, -0.25) is 4.90 Å². The minimum absolute atomic E-state index is 0.526. The number of allylic oxidation sites excluding steroid dienone is 3. The fourth-order valence-electron chi connectivity index (χ4n) is 2.84. The molecule has 1 nitrogen and oxygen atoms in total. The molecule has 0 saturated carbocycles. The fraction of sp³-hybridized carbons (Fsp3) is 0.571. The lowest BCUT2D eigenvalue weighted by Crippen LogP contribution is -2.35. The largest absolute Gasteiger partial charge is 0.298 e. The molecule has 3 heteroatoms. The Morgan fingerprint density at radius 3 is 3.24 bits per heavy atom. The minimum Gasteiger partial charge on any atom is -0.298 e. The molecule has 1 aliphatic carbocycles. The lowest BCUT2D eigenvalue weighted by molar-refractivity contribution is 0.258. The molecule has 0 N–H and O–H groups in total. The van der Waals surface area contributed by atoms with Crippen LogP contribution in [0.3, 0.4) is 0 Å². The van der Waals surface area contributed by atoms with Crippen molar-refractivity contribution in [3.05, 3.63) is 33.7 Å². The molecule has 1 atom stereocenters. The summed E-state index contributed by atoms with van der Waals surface area (Å²) in [6, 6.07) is 0. The molecule has 0 radical (unpaired) electrons. The van der Waals surface area contributed by atoms with Crippen LogP contribution in [0.4, 0.5) is 0 Å². The molecule has 0 aromatic carbocycles. The Bertz CT molecular complexity index is 397. The van der Waals surface area contributed by atoms with Gasteiger partial charge < -0.3 is 0 Å². The summed E-state index contributed by atoms with van der Waals surface area (Å²) in [5, 5.41) is 1.04. The van der Waals surface area contributed by atoms with Gasteiger partial charge in [-0.15, -0.1) is 11.8 Å². The van der Waals surface area contributed by atoms with Gasteiger partial charge in [0.05, 0.1) is 0 Å². The van der Waals surface area contributed by atoms with E-state index < -0.39 is 0 Å². The van der Waals surface area contributed by atoms with Crippen molar-refractivity contribution in [2.45, 2.75) is 19.3 Å². The summed E-state index contributed by atoms with van der Waals surface area (Å²) in [7, 11) is 0. The van der Waals surface area contributed by atoms with Crippen LogP contribution >= 0.6 is 23.4 Å². The topological polar surface area (TPSA) is 3.24 Å². The summed E-state index contributed by atoms with van der Waals surface area (Å²) in [5.41, 5.74) is 1.70. The second-order valence-corrected chi connectivity index (χ2v) is 6.65. The van der Waals surface area contributed by atoms with E-state index in [1.807, 2.05) is 0 Å². The third-order valence-electron chi connectivity index (χ3n) is 3.82. The number of hydrogen-bond acceptors (Lipinski definition) is 2. The average Bonchev–Trinajstić information content (AvgIpc) is 2.79. The highest BCUT2D eigenvalue weighted by atomic mass is 35.5. The van der Waals surface area contributed by atoms with Gasteiger partial charge in [-0.1, -0.05) is 23.8 Å².